The van der Waals surface area contributed by atoms with Gasteiger partial charge in [0.05, 0.1) is 11.6 Å². The summed E-state index contributed by atoms with van der Waals surface area (Å²) in [6.07, 6.45) is -0.569. The number of carbonyl (C=O) groups excluding carboxylic acids is 1. The minimum Gasteiger partial charge on any atom is -0.447 e. The van der Waals surface area contributed by atoms with Crippen LogP contribution in [0.4, 0.5) is 4.79 Å². The summed E-state index contributed by atoms with van der Waals surface area (Å²) in [6.45, 7) is 5.66. The molecule has 0 heterocycles. The monoisotopic (exact) mass is 283 g/mol. The molecular formula is C18H21NO2. The summed E-state index contributed by atoms with van der Waals surface area (Å²) in [4.78, 5) is 12.1. The van der Waals surface area contributed by atoms with Gasteiger partial charge in [0, 0.05) is 0 Å². The van der Waals surface area contributed by atoms with Crippen LogP contribution in [0.15, 0.2) is 60.7 Å². The first-order valence-corrected chi connectivity index (χ1v) is 7.12. The average molecular weight is 283 g/mol. The molecule has 2 aromatic rings. The number of carbonyl (C=O) groups is 1. The molecule has 0 aromatic heterocycles. The second kappa shape index (κ2) is 6.44. The minimum atomic E-state index is -0.630. The summed E-state index contributed by atoms with van der Waals surface area (Å²) < 4.78 is 5.24. The van der Waals surface area contributed by atoms with E-state index in [0.717, 1.165) is 11.1 Å². The van der Waals surface area contributed by atoms with Crippen LogP contribution in [0.2, 0.25) is 0 Å². The SMILES string of the molecule is CC(C)OC(=O)NC(C)(c1ccccc1)c1ccccc1. The van der Waals surface area contributed by atoms with E-state index in [9.17, 15) is 4.79 Å². The minimum absolute atomic E-state index is 0.152. The number of ether oxygens (including phenoxy) is 1. The van der Waals surface area contributed by atoms with Gasteiger partial charge < -0.3 is 10.1 Å². The summed E-state index contributed by atoms with van der Waals surface area (Å²) in [5.74, 6) is 0. The van der Waals surface area contributed by atoms with E-state index in [1.807, 2.05) is 81.4 Å². The number of hydrogen-bond acceptors (Lipinski definition) is 2. The second-order valence-electron chi connectivity index (χ2n) is 5.44. The van der Waals surface area contributed by atoms with Gasteiger partial charge in [0.15, 0.2) is 0 Å². The van der Waals surface area contributed by atoms with Crippen LogP contribution in [-0.2, 0) is 10.3 Å². The fourth-order valence-electron chi connectivity index (χ4n) is 2.30. The molecule has 1 N–H and O–H groups in total. The molecule has 0 aliphatic rings. The zero-order valence-electron chi connectivity index (χ0n) is 12.7. The first-order chi connectivity index (χ1) is 10.0. The van der Waals surface area contributed by atoms with Gasteiger partial charge in [0.2, 0.25) is 0 Å². The Morgan fingerprint density at radius 2 is 1.38 bits per heavy atom. The maximum Gasteiger partial charge on any atom is 0.408 e. The Labute approximate surface area is 126 Å². The molecule has 110 valence electrons. The Morgan fingerprint density at radius 3 is 1.76 bits per heavy atom. The highest BCUT2D eigenvalue weighted by Gasteiger charge is 2.31. The summed E-state index contributed by atoms with van der Waals surface area (Å²) >= 11 is 0. The standard InChI is InChI=1S/C18H21NO2/c1-14(2)21-17(20)19-18(3,15-10-6-4-7-11-15)16-12-8-5-9-13-16/h4-14H,1-3H3,(H,19,20). The lowest BCUT2D eigenvalue weighted by molar-refractivity contribution is 0.108. The lowest BCUT2D eigenvalue weighted by atomic mass is 9.85. The van der Waals surface area contributed by atoms with Crippen molar-refractivity contribution in [3.63, 3.8) is 0 Å². The molecule has 0 bridgehead atoms. The van der Waals surface area contributed by atoms with Crippen molar-refractivity contribution in [2.75, 3.05) is 0 Å². The molecule has 0 unspecified atom stereocenters. The van der Waals surface area contributed by atoms with Crippen molar-refractivity contribution in [1.82, 2.24) is 5.32 Å². The summed E-state index contributed by atoms with van der Waals surface area (Å²) in [7, 11) is 0. The van der Waals surface area contributed by atoms with Gasteiger partial charge in [-0.2, -0.15) is 0 Å². The largest absolute Gasteiger partial charge is 0.447 e. The van der Waals surface area contributed by atoms with Crippen molar-refractivity contribution in [1.29, 1.82) is 0 Å². The van der Waals surface area contributed by atoms with Crippen molar-refractivity contribution >= 4 is 6.09 Å². The van der Waals surface area contributed by atoms with Crippen LogP contribution in [0.1, 0.15) is 31.9 Å². The second-order valence-corrected chi connectivity index (χ2v) is 5.44. The van der Waals surface area contributed by atoms with E-state index in [2.05, 4.69) is 5.32 Å². The highest BCUT2D eigenvalue weighted by Crippen LogP contribution is 2.29. The Hall–Kier alpha value is -2.29. The maximum absolute atomic E-state index is 12.1. The van der Waals surface area contributed by atoms with E-state index in [4.69, 9.17) is 4.74 Å². The van der Waals surface area contributed by atoms with Crippen LogP contribution in [-0.4, -0.2) is 12.2 Å². The van der Waals surface area contributed by atoms with Crippen molar-refractivity contribution in [2.24, 2.45) is 0 Å². The van der Waals surface area contributed by atoms with E-state index in [1.165, 1.54) is 0 Å². The molecule has 0 spiro atoms. The molecule has 0 radical (unpaired) electrons. The van der Waals surface area contributed by atoms with Gasteiger partial charge in [0.25, 0.3) is 0 Å². The van der Waals surface area contributed by atoms with Gasteiger partial charge in [-0.1, -0.05) is 60.7 Å². The first kappa shape index (κ1) is 15.1. The third kappa shape index (κ3) is 3.63. The van der Waals surface area contributed by atoms with Crippen molar-refractivity contribution < 1.29 is 9.53 Å². The Kier molecular flexibility index (Phi) is 4.63. The quantitative estimate of drug-likeness (QED) is 0.918. The zero-order chi connectivity index (χ0) is 15.3. The Bertz CT molecular complexity index is 539. The number of amides is 1. The molecule has 2 rings (SSSR count). The number of rotatable bonds is 4. The number of benzene rings is 2. The third-order valence-corrected chi connectivity index (χ3v) is 3.40. The van der Waals surface area contributed by atoms with Gasteiger partial charge in [-0.15, -0.1) is 0 Å². The Balaban J connectivity index is 2.38. The molecule has 0 saturated heterocycles. The normalized spacial score (nSPS) is 11.2. The highest BCUT2D eigenvalue weighted by molar-refractivity contribution is 5.70. The summed E-state index contributed by atoms with van der Waals surface area (Å²) in [5, 5.41) is 3.00. The van der Waals surface area contributed by atoms with Crippen LogP contribution in [0, 0.1) is 0 Å². The van der Waals surface area contributed by atoms with E-state index in [-0.39, 0.29) is 6.10 Å². The molecule has 0 aliphatic carbocycles. The molecular weight excluding hydrogens is 262 g/mol. The molecule has 3 nitrogen and oxygen atoms in total. The van der Waals surface area contributed by atoms with Crippen LogP contribution in [0.5, 0.6) is 0 Å². The van der Waals surface area contributed by atoms with E-state index >= 15 is 0 Å². The summed E-state index contributed by atoms with van der Waals surface area (Å²) in [6, 6.07) is 19.8. The number of hydrogen-bond donors (Lipinski definition) is 1. The van der Waals surface area contributed by atoms with E-state index in [0.29, 0.717) is 0 Å². The first-order valence-electron chi connectivity index (χ1n) is 7.12. The van der Waals surface area contributed by atoms with Crippen molar-refractivity contribution in [2.45, 2.75) is 32.4 Å². The predicted octanol–water partition coefficient (Wildman–Crippen LogP) is 4.08. The average Bonchev–Trinajstić information content (AvgIpc) is 2.48. The van der Waals surface area contributed by atoms with Gasteiger partial charge in [0.1, 0.15) is 0 Å². The molecule has 0 fully saturated rings. The molecule has 21 heavy (non-hydrogen) atoms. The number of alkyl carbamates (subject to hydrolysis) is 1. The van der Waals surface area contributed by atoms with Crippen molar-refractivity contribution in [3.8, 4) is 0 Å². The van der Waals surface area contributed by atoms with Crippen LogP contribution in [0.25, 0.3) is 0 Å². The lowest BCUT2D eigenvalue weighted by Crippen LogP contribution is -2.45. The predicted molar refractivity (Wildman–Crippen MR) is 84.1 cm³/mol. The molecule has 0 aliphatic heterocycles. The van der Waals surface area contributed by atoms with Crippen LogP contribution < -0.4 is 5.32 Å². The molecule has 1 amide bonds. The summed E-state index contributed by atoms with van der Waals surface area (Å²) in [5.41, 5.74) is 1.39. The molecule has 0 saturated carbocycles. The third-order valence-electron chi connectivity index (χ3n) is 3.40. The van der Waals surface area contributed by atoms with Crippen LogP contribution >= 0.6 is 0 Å². The smallest absolute Gasteiger partial charge is 0.408 e. The molecule has 3 heteroatoms. The molecule has 0 atom stereocenters. The van der Waals surface area contributed by atoms with Gasteiger partial charge in [-0.05, 0) is 31.9 Å². The zero-order valence-corrected chi connectivity index (χ0v) is 12.7. The lowest BCUT2D eigenvalue weighted by Gasteiger charge is -2.32. The van der Waals surface area contributed by atoms with Gasteiger partial charge in [-0.3, -0.25) is 0 Å². The topological polar surface area (TPSA) is 38.3 Å². The van der Waals surface area contributed by atoms with Crippen LogP contribution in [0.3, 0.4) is 0 Å². The molecule has 2 aromatic carbocycles. The fraction of sp³-hybridized carbons (Fsp3) is 0.278. The van der Waals surface area contributed by atoms with E-state index < -0.39 is 11.6 Å². The fourth-order valence-corrected chi connectivity index (χ4v) is 2.30. The van der Waals surface area contributed by atoms with E-state index in [1.54, 1.807) is 0 Å². The highest BCUT2D eigenvalue weighted by atomic mass is 16.6. The van der Waals surface area contributed by atoms with Gasteiger partial charge in [-0.25, -0.2) is 4.79 Å². The maximum atomic E-state index is 12.1. The van der Waals surface area contributed by atoms with Crippen molar-refractivity contribution in [3.05, 3.63) is 71.8 Å². The number of nitrogens with one attached hydrogen (secondary N) is 1. The Morgan fingerprint density at radius 1 is 0.952 bits per heavy atom. The van der Waals surface area contributed by atoms with Gasteiger partial charge >= 0.3 is 6.09 Å².